The second-order valence-electron chi connectivity index (χ2n) is 14.3. The number of ether oxygens (including phenoxy) is 5. The van der Waals surface area contributed by atoms with E-state index in [4.69, 9.17) is 23.7 Å². The lowest BCUT2D eigenvalue weighted by atomic mass is 9.78. The number of Topliss-reactive ketones (excluding diaryl/α,β-unsaturated/α-hetero) is 1. The number of aromatic nitrogens is 3. The Bertz CT molecular complexity index is 1730. The number of fused-ring (bicyclic) bond motifs is 1. The van der Waals surface area contributed by atoms with Gasteiger partial charge < -0.3 is 23.7 Å². The fourth-order valence-corrected chi connectivity index (χ4v) is 5.26. The topological polar surface area (TPSA) is 145 Å². The van der Waals surface area contributed by atoms with Crippen molar-refractivity contribution in [3.63, 3.8) is 0 Å². The molecule has 1 fully saturated rings. The van der Waals surface area contributed by atoms with Crippen molar-refractivity contribution in [1.29, 1.82) is 0 Å². The van der Waals surface area contributed by atoms with Crippen LogP contribution in [0.5, 0.6) is 5.75 Å². The molecule has 278 valence electrons. The normalized spacial score (nSPS) is 15.7. The number of benzene rings is 2. The van der Waals surface area contributed by atoms with Gasteiger partial charge in [0.15, 0.2) is 17.5 Å². The molecule has 2 aromatic carbocycles. The van der Waals surface area contributed by atoms with Crippen molar-refractivity contribution in [2.75, 3.05) is 19.8 Å². The SMILES string of the molecule is CC(C)(C)OC(=O)C(CCn1nnc2ccc(C(F)(F)F)cc2c1=O)(CC(=O)c1ccc(OCCOC2CCCCO2)cc1)C(=O)OC(C)(C)C. The number of aryl methyl sites for hydroxylation is 1. The van der Waals surface area contributed by atoms with Gasteiger partial charge in [0.1, 0.15) is 29.1 Å². The van der Waals surface area contributed by atoms with Crippen molar-refractivity contribution < 1.29 is 51.2 Å². The zero-order valence-electron chi connectivity index (χ0n) is 29.6. The Kier molecular flexibility index (Phi) is 12.3. The maximum Gasteiger partial charge on any atom is 0.416 e. The molecule has 1 atom stereocenters. The maximum absolute atomic E-state index is 14.0. The number of halogens is 3. The van der Waals surface area contributed by atoms with E-state index < -0.39 is 71.0 Å². The molecule has 15 heteroatoms. The number of hydrogen-bond donors (Lipinski definition) is 0. The fourth-order valence-electron chi connectivity index (χ4n) is 5.26. The van der Waals surface area contributed by atoms with Crippen molar-refractivity contribution >= 4 is 28.6 Å². The lowest BCUT2D eigenvalue weighted by molar-refractivity contribution is -0.186. The Morgan fingerprint density at radius 2 is 1.55 bits per heavy atom. The van der Waals surface area contributed by atoms with Crippen molar-refractivity contribution in [3.05, 3.63) is 63.9 Å². The van der Waals surface area contributed by atoms with E-state index in [-0.39, 0.29) is 29.4 Å². The third kappa shape index (κ3) is 10.8. The van der Waals surface area contributed by atoms with Crippen molar-refractivity contribution in [2.45, 2.75) is 104 Å². The summed E-state index contributed by atoms with van der Waals surface area (Å²) in [7, 11) is 0. The Morgan fingerprint density at radius 3 is 2.12 bits per heavy atom. The number of rotatable bonds is 13. The molecular weight excluding hydrogens is 675 g/mol. The average Bonchev–Trinajstić information content (AvgIpc) is 3.04. The molecule has 0 amide bonds. The minimum atomic E-state index is -4.72. The maximum atomic E-state index is 14.0. The van der Waals surface area contributed by atoms with Gasteiger partial charge in [0.05, 0.1) is 17.6 Å². The first-order chi connectivity index (χ1) is 23.8. The molecule has 0 saturated carbocycles. The van der Waals surface area contributed by atoms with Gasteiger partial charge in [0.2, 0.25) is 0 Å². The first-order valence-electron chi connectivity index (χ1n) is 16.7. The molecule has 0 spiro atoms. The second-order valence-corrected chi connectivity index (χ2v) is 14.3. The number of carbonyl (C=O) groups excluding carboxylic acids is 3. The summed E-state index contributed by atoms with van der Waals surface area (Å²) in [5.74, 6) is -2.34. The Morgan fingerprint density at radius 1 is 0.902 bits per heavy atom. The number of nitrogens with zero attached hydrogens (tertiary/aromatic N) is 3. The van der Waals surface area contributed by atoms with Crippen molar-refractivity contribution in [3.8, 4) is 5.75 Å². The highest BCUT2D eigenvalue weighted by atomic mass is 19.4. The van der Waals surface area contributed by atoms with E-state index in [0.717, 1.165) is 36.1 Å². The van der Waals surface area contributed by atoms with Gasteiger partial charge in [-0.25, -0.2) is 4.68 Å². The smallest absolute Gasteiger partial charge is 0.416 e. The molecule has 1 aliphatic heterocycles. The molecule has 51 heavy (non-hydrogen) atoms. The van der Waals surface area contributed by atoms with Gasteiger partial charge >= 0.3 is 18.1 Å². The van der Waals surface area contributed by atoms with Crippen LogP contribution in [-0.2, 0) is 41.3 Å². The van der Waals surface area contributed by atoms with E-state index in [1.165, 1.54) is 12.1 Å². The standard InChI is InChI=1S/C36H44F3N3O9/c1-33(2,3)50-31(45)35(32(46)51-34(4,5)6,16-17-42-30(44)26-21-24(36(37,38)39)12-15-27(26)40-41-42)22-28(43)23-10-13-25(14-11-23)47-19-20-49-29-9-7-8-18-48-29/h10-15,21,29H,7-9,16-20,22H2,1-6H3. The summed E-state index contributed by atoms with van der Waals surface area (Å²) in [5, 5.41) is 7.32. The van der Waals surface area contributed by atoms with Gasteiger partial charge in [0, 0.05) is 25.1 Å². The molecule has 3 aromatic rings. The van der Waals surface area contributed by atoms with Gasteiger partial charge in [0.25, 0.3) is 5.56 Å². The van der Waals surface area contributed by atoms with Gasteiger partial charge in [-0.05, 0) is 110 Å². The number of ketones is 1. The molecule has 12 nitrogen and oxygen atoms in total. The first-order valence-corrected chi connectivity index (χ1v) is 16.7. The van der Waals surface area contributed by atoms with E-state index in [2.05, 4.69) is 10.3 Å². The number of carbonyl (C=O) groups is 3. The highest BCUT2D eigenvalue weighted by Crippen LogP contribution is 2.36. The zero-order valence-corrected chi connectivity index (χ0v) is 29.6. The van der Waals surface area contributed by atoms with Crippen LogP contribution in [0.4, 0.5) is 13.2 Å². The lowest BCUT2D eigenvalue weighted by Gasteiger charge is -2.34. The van der Waals surface area contributed by atoms with Crippen molar-refractivity contribution in [1.82, 2.24) is 15.0 Å². The van der Waals surface area contributed by atoms with E-state index in [0.29, 0.717) is 25.0 Å². The predicted molar refractivity (Wildman–Crippen MR) is 178 cm³/mol. The quantitative estimate of drug-likeness (QED) is 0.0879. The third-order valence-corrected chi connectivity index (χ3v) is 7.81. The van der Waals surface area contributed by atoms with Gasteiger partial charge in [-0.3, -0.25) is 19.2 Å². The molecule has 2 heterocycles. The van der Waals surface area contributed by atoms with Crippen LogP contribution in [-0.4, -0.2) is 70.0 Å². The largest absolute Gasteiger partial charge is 0.491 e. The summed E-state index contributed by atoms with van der Waals surface area (Å²) < 4.78 is 69.3. The zero-order chi connectivity index (χ0) is 37.6. The molecular formula is C36H44F3N3O9. The fraction of sp³-hybridized carbons (Fsp3) is 0.556. The highest BCUT2D eigenvalue weighted by Gasteiger charge is 2.52. The number of hydrogen-bond acceptors (Lipinski definition) is 11. The molecule has 0 aliphatic carbocycles. The van der Waals surface area contributed by atoms with Gasteiger partial charge in [-0.1, -0.05) is 5.21 Å². The van der Waals surface area contributed by atoms with Crippen LogP contribution in [0.2, 0.25) is 0 Å². The number of esters is 2. The van der Waals surface area contributed by atoms with Crippen LogP contribution >= 0.6 is 0 Å². The van der Waals surface area contributed by atoms with E-state index >= 15 is 0 Å². The lowest BCUT2D eigenvalue weighted by Crippen LogP contribution is -2.49. The van der Waals surface area contributed by atoms with Crippen LogP contribution in [0.3, 0.4) is 0 Å². The molecule has 0 N–H and O–H groups in total. The summed E-state index contributed by atoms with van der Waals surface area (Å²) in [6, 6.07) is 8.55. The van der Waals surface area contributed by atoms with E-state index in [1.54, 1.807) is 53.7 Å². The van der Waals surface area contributed by atoms with Crippen molar-refractivity contribution in [2.24, 2.45) is 5.41 Å². The Labute approximate surface area is 293 Å². The Hall–Kier alpha value is -4.37. The first kappa shape index (κ1) is 39.4. The third-order valence-electron chi connectivity index (χ3n) is 7.81. The Balaban J connectivity index is 1.62. The minimum absolute atomic E-state index is 0.0804. The summed E-state index contributed by atoms with van der Waals surface area (Å²) in [6.07, 6.45) is -3.38. The monoisotopic (exact) mass is 719 g/mol. The summed E-state index contributed by atoms with van der Waals surface area (Å²) in [6.45, 7) is 10.2. The van der Waals surface area contributed by atoms with Crippen LogP contribution in [0.1, 0.15) is 89.6 Å². The molecule has 1 aromatic heterocycles. The van der Waals surface area contributed by atoms with E-state index in [9.17, 15) is 32.3 Å². The minimum Gasteiger partial charge on any atom is -0.491 e. The summed E-state index contributed by atoms with van der Waals surface area (Å²) in [5.41, 5.74) is -6.44. The predicted octanol–water partition coefficient (Wildman–Crippen LogP) is 6.07. The average molecular weight is 720 g/mol. The van der Waals surface area contributed by atoms with E-state index in [1.807, 2.05) is 0 Å². The molecule has 4 rings (SSSR count). The molecule has 0 radical (unpaired) electrons. The van der Waals surface area contributed by atoms with Crippen LogP contribution < -0.4 is 10.3 Å². The molecule has 1 aliphatic rings. The molecule has 1 unspecified atom stereocenters. The summed E-state index contributed by atoms with van der Waals surface area (Å²) in [4.78, 5) is 55.2. The second kappa shape index (κ2) is 15.9. The molecule has 0 bridgehead atoms. The summed E-state index contributed by atoms with van der Waals surface area (Å²) >= 11 is 0. The van der Waals surface area contributed by atoms with Crippen LogP contribution in [0.15, 0.2) is 47.3 Å². The van der Waals surface area contributed by atoms with Crippen LogP contribution in [0, 0.1) is 5.41 Å². The van der Waals surface area contributed by atoms with Gasteiger partial charge in [-0.2, -0.15) is 13.2 Å². The number of alkyl halides is 3. The highest BCUT2D eigenvalue weighted by molar-refractivity contribution is 6.07. The van der Waals surface area contributed by atoms with Crippen LogP contribution in [0.25, 0.3) is 10.9 Å². The van der Waals surface area contributed by atoms with Gasteiger partial charge in [-0.15, -0.1) is 5.10 Å². The molecule has 1 saturated heterocycles.